The van der Waals surface area contributed by atoms with Crippen LogP contribution in [-0.4, -0.2) is 69.7 Å². The van der Waals surface area contributed by atoms with E-state index in [-0.39, 0.29) is 18.4 Å². The van der Waals surface area contributed by atoms with Crippen LogP contribution >= 0.6 is 0 Å². The predicted octanol–water partition coefficient (Wildman–Crippen LogP) is 2.04. The third kappa shape index (κ3) is 4.06. The maximum atomic E-state index is 13.0. The Morgan fingerprint density at radius 3 is 2.48 bits per heavy atom. The fourth-order valence-corrected chi connectivity index (χ4v) is 4.36. The lowest BCUT2D eigenvalue weighted by atomic mass is 9.95. The van der Waals surface area contributed by atoms with Gasteiger partial charge in [0.1, 0.15) is 0 Å². The molecule has 2 aliphatic rings. The molecule has 2 fully saturated rings. The van der Waals surface area contributed by atoms with Gasteiger partial charge >= 0.3 is 0 Å². The number of aliphatic hydroxyl groups is 1. The van der Waals surface area contributed by atoms with Crippen molar-refractivity contribution >= 4 is 5.91 Å². The van der Waals surface area contributed by atoms with E-state index in [1.54, 1.807) is 12.5 Å². The number of carbonyl (C=O) groups is 1. The molecule has 2 aromatic rings. The summed E-state index contributed by atoms with van der Waals surface area (Å²) in [4.78, 5) is 21.4. The van der Waals surface area contributed by atoms with Crippen LogP contribution in [0.25, 0.3) is 5.69 Å². The van der Waals surface area contributed by atoms with Crippen LogP contribution in [0, 0.1) is 11.8 Å². The van der Waals surface area contributed by atoms with Gasteiger partial charge in [-0.1, -0.05) is 6.42 Å². The van der Waals surface area contributed by atoms with Crippen molar-refractivity contribution < 1.29 is 9.90 Å². The van der Waals surface area contributed by atoms with E-state index in [9.17, 15) is 9.90 Å². The molecule has 6 nitrogen and oxygen atoms in total. The minimum absolute atomic E-state index is 0.0618. The SMILES string of the molecule is O=C(c1ccc(-n2ccnc2)cc1)N1C[C@@H](CO)[C@@H](CN2CCCCC2)C1. The molecule has 2 atom stereocenters. The Morgan fingerprint density at radius 2 is 1.81 bits per heavy atom. The van der Waals surface area contributed by atoms with E-state index in [0.717, 1.165) is 31.9 Å². The highest BCUT2D eigenvalue weighted by Gasteiger charge is 2.36. The van der Waals surface area contributed by atoms with Crippen molar-refractivity contribution in [2.45, 2.75) is 19.3 Å². The quantitative estimate of drug-likeness (QED) is 0.877. The first-order valence-corrected chi connectivity index (χ1v) is 9.95. The van der Waals surface area contributed by atoms with E-state index >= 15 is 0 Å². The maximum absolute atomic E-state index is 13.0. The number of hydrogen-bond donors (Lipinski definition) is 1. The number of nitrogens with zero attached hydrogens (tertiary/aromatic N) is 4. The van der Waals surface area contributed by atoms with Gasteiger partial charge in [-0.25, -0.2) is 4.98 Å². The number of aromatic nitrogens is 2. The Morgan fingerprint density at radius 1 is 1.07 bits per heavy atom. The number of rotatable bonds is 5. The highest BCUT2D eigenvalue weighted by Crippen LogP contribution is 2.27. The minimum atomic E-state index is 0.0618. The summed E-state index contributed by atoms with van der Waals surface area (Å²) < 4.78 is 1.92. The van der Waals surface area contributed by atoms with Crippen LogP contribution < -0.4 is 0 Å². The molecule has 1 aromatic heterocycles. The Bertz CT molecular complexity index is 738. The van der Waals surface area contributed by atoms with Gasteiger partial charge in [0, 0.05) is 55.8 Å². The average Bonchev–Trinajstić information content (AvgIpc) is 3.38. The summed E-state index contributed by atoms with van der Waals surface area (Å²) in [5.41, 5.74) is 1.69. The van der Waals surface area contributed by atoms with Gasteiger partial charge in [-0.15, -0.1) is 0 Å². The molecule has 0 saturated carbocycles. The van der Waals surface area contributed by atoms with Gasteiger partial charge in [0.15, 0.2) is 0 Å². The third-order valence-corrected chi connectivity index (χ3v) is 5.96. The molecule has 0 radical (unpaired) electrons. The summed E-state index contributed by atoms with van der Waals surface area (Å²) >= 11 is 0. The van der Waals surface area contributed by atoms with E-state index in [1.165, 1.54) is 19.3 Å². The molecular weight excluding hydrogens is 340 g/mol. The van der Waals surface area contributed by atoms with Gasteiger partial charge in [-0.2, -0.15) is 0 Å². The number of amides is 1. The monoisotopic (exact) mass is 368 g/mol. The Balaban J connectivity index is 1.41. The second kappa shape index (κ2) is 8.23. The maximum Gasteiger partial charge on any atom is 0.253 e. The lowest BCUT2D eigenvalue weighted by molar-refractivity contribution is 0.0778. The van der Waals surface area contributed by atoms with Gasteiger partial charge in [0.2, 0.25) is 0 Å². The molecule has 1 aromatic carbocycles. The van der Waals surface area contributed by atoms with Gasteiger partial charge in [0.05, 0.1) is 6.33 Å². The summed E-state index contributed by atoms with van der Waals surface area (Å²) in [6, 6.07) is 7.65. The van der Waals surface area contributed by atoms with E-state index < -0.39 is 0 Å². The summed E-state index contributed by atoms with van der Waals surface area (Å²) in [7, 11) is 0. The minimum Gasteiger partial charge on any atom is -0.396 e. The zero-order valence-corrected chi connectivity index (χ0v) is 15.7. The zero-order valence-electron chi connectivity index (χ0n) is 15.7. The van der Waals surface area contributed by atoms with Crippen molar-refractivity contribution in [2.24, 2.45) is 11.8 Å². The fraction of sp³-hybridized carbons (Fsp3) is 0.524. The van der Waals surface area contributed by atoms with Gasteiger partial charge in [-0.3, -0.25) is 4.79 Å². The van der Waals surface area contributed by atoms with E-state index in [4.69, 9.17) is 0 Å². The Hall–Kier alpha value is -2.18. The van der Waals surface area contributed by atoms with E-state index in [1.807, 2.05) is 39.9 Å². The summed E-state index contributed by atoms with van der Waals surface area (Å²) in [6.45, 7) is 4.84. The molecule has 0 bridgehead atoms. The van der Waals surface area contributed by atoms with Crippen molar-refractivity contribution in [3.05, 3.63) is 48.5 Å². The molecule has 144 valence electrons. The normalized spacial score (nSPS) is 23.7. The molecule has 4 rings (SSSR count). The standard InChI is InChI=1S/C21H28N4O2/c26-15-19-14-25(13-18(19)12-23-9-2-1-3-10-23)21(27)17-4-6-20(7-5-17)24-11-8-22-16-24/h4-8,11,16,18-19,26H,1-3,9-10,12-15H2/t18-,19-/m0/s1. The van der Waals surface area contributed by atoms with Crippen LogP contribution in [0.3, 0.4) is 0 Å². The second-order valence-corrected chi connectivity index (χ2v) is 7.79. The van der Waals surface area contributed by atoms with Crippen molar-refractivity contribution in [2.75, 3.05) is 39.3 Å². The molecule has 27 heavy (non-hydrogen) atoms. The molecule has 0 aliphatic carbocycles. The average molecular weight is 368 g/mol. The highest BCUT2D eigenvalue weighted by molar-refractivity contribution is 5.94. The van der Waals surface area contributed by atoms with Crippen molar-refractivity contribution in [1.82, 2.24) is 19.4 Å². The predicted molar refractivity (Wildman–Crippen MR) is 104 cm³/mol. The smallest absolute Gasteiger partial charge is 0.253 e. The molecular formula is C21H28N4O2. The molecule has 1 N–H and O–H groups in total. The second-order valence-electron chi connectivity index (χ2n) is 7.79. The molecule has 0 unspecified atom stereocenters. The summed E-state index contributed by atoms with van der Waals surface area (Å²) in [5.74, 6) is 0.607. The first kappa shape index (κ1) is 18.2. The number of carbonyl (C=O) groups excluding carboxylic acids is 1. The third-order valence-electron chi connectivity index (χ3n) is 5.96. The number of aliphatic hydroxyl groups excluding tert-OH is 1. The molecule has 0 spiro atoms. The van der Waals surface area contributed by atoms with Crippen molar-refractivity contribution in [3.8, 4) is 5.69 Å². The number of hydrogen-bond acceptors (Lipinski definition) is 4. The van der Waals surface area contributed by atoms with Gasteiger partial charge in [-0.05, 0) is 56.1 Å². The first-order valence-electron chi connectivity index (χ1n) is 9.95. The van der Waals surface area contributed by atoms with Crippen molar-refractivity contribution in [3.63, 3.8) is 0 Å². The van der Waals surface area contributed by atoms with Crippen LogP contribution in [-0.2, 0) is 0 Å². The van der Waals surface area contributed by atoms with Crippen LogP contribution in [0.5, 0.6) is 0 Å². The topological polar surface area (TPSA) is 61.6 Å². The van der Waals surface area contributed by atoms with E-state index in [2.05, 4.69) is 9.88 Å². The van der Waals surface area contributed by atoms with E-state index in [0.29, 0.717) is 18.0 Å². The Kier molecular flexibility index (Phi) is 5.55. The summed E-state index contributed by atoms with van der Waals surface area (Å²) in [5, 5.41) is 9.81. The van der Waals surface area contributed by atoms with Gasteiger partial charge < -0.3 is 19.5 Å². The molecule has 2 aliphatic heterocycles. The van der Waals surface area contributed by atoms with Crippen LogP contribution in [0.4, 0.5) is 0 Å². The Labute approximate surface area is 160 Å². The molecule has 2 saturated heterocycles. The first-order chi connectivity index (χ1) is 13.2. The van der Waals surface area contributed by atoms with Crippen molar-refractivity contribution in [1.29, 1.82) is 0 Å². The molecule has 6 heteroatoms. The number of benzene rings is 1. The lowest BCUT2D eigenvalue weighted by Crippen LogP contribution is -2.37. The molecule has 1 amide bonds. The number of imidazole rings is 1. The zero-order chi connectivity index (χ0) is 18.6. The van der Waals surface area contributed by atoms with Crippen LogP contribution in [0.2, 0.25) is 0 Å². The summed E-state index contributed by atoms with van der Waals surface area (Å²) in [6.07, 6.45) is 9.22. The highest BCUT2D eigenvalue weighted by atomic mass is 16.3. The van der Waals surface area contributed by atoms with Gasteiger partial charge in [0.25, 0.3) is 5.91 Å². The lowest BCUT2D eigenvalue weighted by Gasteiger charge is -2.30. The molecule has 3 heterocycles. The van der Waals surface area contributed by atoms with Crippen LogP contribution in [0.15, 0.2) is 43.0 Å². The largest absolute Gasteiger partial charge is 0.396 e. The number of piperidine rings is 1. The fourth-order valence-electron chi connectivity index (χ4n) is 4.36. The van der Waals surface area contributed by atoms with Crippen LogP contribution in [0.1, 0.15) is 29.6 Å². The number of likely N-dealkylation sites (tertiary alicyclic amines) is 2.